The number of carbonyl (C=O) groups excluding carboxylic acids is 2. The van der Waals surface area contributed by atoms with Crippen LogP contribution < -0.4 is 19.1 Å². The summed E-state index contributed by atoms with van der Waals surface area (Å²) in [4.78, 5) is 29.7. The third-order valence-electron chi connectivity index (χ3n) is 7.99. The summed E-state index contributed by atoms with van der Waals surface area (Å²) in [6.07, 6.45) is 0.775. The molecule has 2 atom stereocenters. The van der Waals surface area contributed by atoms with Crippen LogP contribution in [0, 0.1) is 5.82 Å². The van der Waals surface area contributed by atoms with Crippen molar-refractivity contribution in [2.24, 2.45) is 0 Å². The van der Waals surface area contributed by atoms with Gasteiger partial charge in [-0.15, -0.1) is 0 Å². The van der Waals surface area contributed by atoms with Gasteiger partial charge in [-0.25, -0.2) is 12.8 Å². The zero-order chi connectivity index (χ0) is 33.4. The van der Waals surface area contributed by atoms with E-state index in [1.807, 2.05) is 44.2 Å². The Morgan fingerprint density at radius 3 is 2.19 bits per heavy atom. The van der Waals surface area contributed by atoms with Gasteiger partial charge in [0.2, 0.25) is 11.8 Å². The van der Waals surface area contributed by atoms with E-state index in [4.69, 9.17) is 9.47 Å². The molecular formula is C36H38FN3O6S. The molecule has 0 aliphatic carbocycles. The maximum atomic E-state index is 15.1. The van der Waals surface area contributed by atoms with E-state index >= 15 is 4.39 Å². The summed E-state index contributed by atoms with van der Waals surface area (Å²) >= 11 is 0. The number of anilines is 1. The third-order valence-corrected chi connectivity index (χ3v) is 9.78. The van der Waals surface area contributed by atoms with Crippen LogP contribution in [0.15, 0.2) is 108 Å². The lowest BCUT2D eigenvalue weighted by Crippen LogP contribution is -2.54. The minimum Gasteiger partial charge on any atom is -0.486 e. The molecule has 0 saturated carbocycles. The van der Waals surface area contributed by atoms with Crippen molar-refractivity contribution in [1.29, 1.82) is 0 Å². The second kappa shape index (κ2) is 15.1. The summed E-state index contributed by atoms with van der Waals surface area (Å²) in [6, 6.07) is 26.3. The topological polar surface area (TPSA) is 105 Å². The van der Waals surface area contributed by atoms with Crippen molar-refractivity contribution in [1.82, 2.24) is 10.2 Å². The van der Waals surface area contributed by atoms with E-state index in [0.717, 1.165) is 9.87 Å². The number of hydrogen-bond donors (Lipinski definition) is 1. The zero-order valence-corrected chi connectivity index (χ0v) is 27.2. The molecule has 1 aliphatic rings. The number of nitrogens with zero attached hydrogens (tertiary/aromatic N) is 2. The number of fused-ring (bicyclic) bond motifs is 1. The van der Waals surface area contributed by atoms with Gasteiger partial charge in [-0.3, -0.25) is 13.9 Å². The Labute approximate surface area is 275 Å². The van der Waals surface area contributed by atoms with Crippen molar-refractivity contribution in [3.8, 4) is 11.5 Å². The lowest BCUT2D eigenvalue weighted by molar-refractivity contribution is -0.140. The standard InChI is InChI=1S/C36H38FN3O6S/c1-3-26(2)38-36(42)32(22-27-12-6-4-7-13-27)39(24-28-14-10-11-17-31(28)37)35(41)25-40(47(43,44)30-15-8-5-9-16-30)29-18-19-33-34(23-29)46-21-20-45-33/h4-19,23,26,32H,3,20-22,24-25H2,1-2H3,(H,38,42)/t26-,32-/m1/s1. The molecule has 0 unspecified atom stereocenters. The molecule has 4 aromatic carbocycles. The van der Waals surface area contributed by atoms with Gasteiger partial charge in [-0.1, -0.05) is 73.7 Å². The molecule has 1 N–H and O–H groups in total. The predicted octanol–water partition coefficient (Wildman–Crippen LogP) is 5.35. The average Bonchev–Trinajstić information content (AvgIpc) is 3.09. The van der Waals surface area contributed by atoms with Crippen LogP contribution in [0.4, 0.5) is 10.1 Å². The van der Waals surface area contributed by atoms with Crippen molar-refractivity contribution in [3.63, 3.8) is 0 Å². The lowest BCUT2D eigenvalue weighted by atomic mass is 10.0. The van der Waals surface area contributed by atoms with Crippen LogP contribution in [0.5, 0.6) is 11.5 Å². The number of carbonyl (C=O) groups is 2. The first kappa shape index (κ1) is 33.5. The highest BCUT2D eigenvalue weighted by Gasteiger charge is 2.35. The van der Waals surface area contributed by atoms with Gasteiger partial charge < -0.3 is 19.7 Å². The first-order chi connectivity index (χ1) is 22.7. The summed E-state index contributed by atoms with van der Waals surface area (Å²) in [7, 11) is -4.30. The number of ether oxygens (including phenoxy) is 2. The van der Waals surface area contributed by atoms with E-state index in [2.05, 4.69) is 5.32 Å². The van der Waals surface area contributed by atoms with E-state index in [-0.39, 0.29) is 41.8 Å². The number of amides is 2. The van der Waals surface area contributed by atoms with Gasteiger partial charge in [0.1, 0.15) is 31.6 Å². The van der Waals surface area contributed by atoms with Gasteiger partial charge in [0.15, 0.2) is 11.5 Å². The maximum absolute atomic E-state index is 15.1. The minimum atomic E-state index is -4.30. The number of nitrogens with one attached hydrogen (secondary N) is 1. The Balaban J connectivity index is 1.59. The normalized spacial score (nSPS) is 13.7. The van der Waals surface area contributed by atoms with Crippen molar-refractivity contribution >= 4 is 27.5 Å². The molecule has 2 amide bonds. The fourth-order valence-corrected chi connectivity index (χ4v) is 6.67. The van der Waals surface area contributed by atoms with Crippen LogP contribution in [0.1, 0.15) is 31.4 Å². The van der Waals surface area contributed by atoms with Crippen LogP contribution in [0.2, 0.25) is 0 Å². The van der Waals surface area contributed by atoms with Gasteiger partial charge >= 0.3 is 0 Å². The highest BCUT2D eigenvalue weighted by atomic mass is 32.2. The van der Waals surface area contributed by atoms with E-state index < -0.39 is 40.2 Å². The molecule has 0 saturated heterocycles. The van der Waals surface area contributed by atoms with Crippen LogP contribution in [0.25, 0.3) is 0 Å². The van der Waals surface area contributed by atoms with E-state index in [1.54, 1.807) is 42.5 Å². The molecule has 9 nitrogen and oxygen atoms in total. The summed E-state index contributed by atoms with van der Waals surface area (Å²) in [5.74, 6) is -0.874. The molecule has 11 heteroatoms. The molecule has 0 radical (unpaired) electrons. The SMILES string of the molecule is CC[C@@H](C)NC(=O)[C@@H](Cc1ccccc1)N(Cc1ccccc1F)C(=O)CN(c1ccc2c(c1)OCCO2)S(=O)(=O)c1ccccc1. The molecule has 246 valence electrons. The van der Waals surface area contributed by atoms with Gasteiger partial charge in [-0.05, 0) is 49.2 Å². The maximum Gasteiger partial charge on any atom is 0.264 e. The van der Waals surface area contributed by atoms with Gasteiger partial charge in [0.25, 0.3) is 10.0 Å². The number of sulfonamides is 1. The van der Waals surface area contributed by atoms with Crippen LogP contribution >= 0.6 is 0 Å². The molecule has 0 bridgehead atoms. The molecule has 0 spiro atoms. The predicted molar refractivity (Wildman–Crippen MR) is 177 cm³/mol. The lowest BCUT2D eigenvalue weighted by Gasteiger charge is -2.34. The summed E-state index contributed by atoms with van der Waals surface area (Å²) in [5.41, 5.74) is 1.14. The second-order valence-corrected chi connectivity index (χ2v) is 13.2. The third kappa shape index (κ3) is 8.10. The summed E-state index contributed by atoms with van der Waals surface area (Å²) in [6.45, 7) is 3.48. The fourth-order valence-electron chi connectivity index (χ4n) is 5.24. The first-order valence-corrected chi connectivity index (χ1v) is 17.0. The Hall–Kier alpha value is -4.90. The van der Waals surface area contributed by atoms with E-state index in [1.165, 1.54) is 35.2 Å². The van der Waals surface area contributed by atoms with Crippen molar-refractivity contribution in [2.75, 3.05) is 24.1 Å². The highest BCUT2D eigenvalue weighted by molar-refractivity contribution is 7.92. The molecule has 0 aromatic heterocycles. The van der Waals surface area contributed by atoms with Crippen molar-refractivity contribution in [2.45, 2.75) is 50.2 Å². The fraction of sp³-hybridized carbons (Fsp3) is 0.278. The zero-order valence-electron chi connectivity index (χ0n) is 26.3. The Morgan fingerprint density at radius 1 is 0.872 bits per heavy atom. The average molecular weight is 660 g/mol. The van der Waals surface area contributed by atoms with E-state index in [0.29, 0.717) is 24.5 Å². The Bertz CT molecular complexity index is 1790. The Kier molecular flexibility index (Phi) is 10.8. The van der Waals surface area contributed by atoms with Crippen LogP contribution in [-0.2, 0) is 32.6 Å². The molecule has 4 aromatic rings. The smallest absolute Gasteiger partial charge is 0.264 e. The number of rotatable bonds is 13. The van der Waals surface area contributed by atoms with Gasteiger partial charge in [0, 0.05) is 30.6 Å². The van der Waals surface area contributed by atoms with Crippen molar-refractivity contribution < 1.29 is 31.9 Å². The van der Waals surface area contributed by atoms with Crippen LogP contribution in [0.3, 0.4) is 0 Å². The van der Waals surface area contributed by atoms with Gasteiger partial charge in [-0.2, -0.15) is 0 Å². The van der Waals surface area contributed by atoms with E-state index in [9.17, 15) is 18.0 Å². The largest absolute Gasteiger partial charge is 0.486 e. The van der Waals surface area contributed by atoms with Gasteiger partial charge in [0.05, 0.1) is 10.6 Å². The molecule has 1 aliphatic heterocycles. The molecule has 47 heavy (non-hydrogen) atoms. The second-order valence-electron chi connectivity index (χ2n) is 11.3. The number of benzene rings is 4. The number of hydrogen-bond acceptors (Lipinski definition) is 6. The van der Waals surface area contributed by atoms with Crippen LogP contribution in [-0.4, -0.2) is 57.0 Å². The Morgan fingerprint density at radius 2 is 1.51 bits per heavy atom. The summed E-state index contributed by atoms with van der Waals surface area (Å²) in [5, 5.41) is 2.97. The monoisotopic (exact) mass is 659 g/mol. The molecular weight excluding hydrogens is 621 g/mol. The molecule has 5 rings (SSSR count). The van der Waals surface area contributed by atoms with Crippen molar-refractivity contribution in [3.05, 3.63) is 120 Å². The first-order valence-electron chi connectivity index (χ1n) is 15.5. The quantitative estimate of drug-likeness (QED) is 0.208. The highest BCUT2D eigenvalue weighted by Crippen LogP contribution is 2.36. The molecule has 1 heterocycles. The summed E-state index contributed by atoms with van der Waals surface area (Å²) < 4.78 is 55.8. The minimum absolute atomic E-state index is 0.0290. The number of halogens is 1. The molecule has 0 fully saturated rings.